The molecule has 1 atom stereocenters. The van der Waals surface area contributed by atoms with Crippen molar-refractivity contribution in [2.24, 2.45) is 0 Å². The SMILES string of the molecule is CCN1CCN(S(=O)(=O)C2CCCNC2)CC1. The van der Waals surface area contributed by atoms with E-state index >= 15 is 0 Å². The quantitative estimate of drug-likeness (QED) is 0.758. The predicted molar refractivity (Wildman–Crippen MR) is 68.5 cm³/mol. The zero-order valence-corrected chi connectivity index (χ0v) is 11.4. The lowest BCUT2D eigenvalue weighted by Gasteiger charge is -2.36. The van der Waals surface area contributed by atoms with Gasteiger partial charge in [-0.1, -0.05) is 6.92 Å². The molecule has 0 bridgehead atoms. The highest BCUT2D eigenvalue weighted by molar-refractivity contribution is 7.89. The monoisotopic (exact) mass is 261 g/mol. The molecule has 2 aliphatic rings. The van der Waals surface area contributed by atoms with Crippen molar-refractivity contribution in [1.82, 2.24) is 14.5 Å². The van der Waals surface area contributed by atoms with Gasteiger partial charge in [0.05, 0.1) is 5.25 Å². The number of rotatable bonds is 3. The highest BCUT2D eigenvalue weighted by Gasteiger charge is 2.34. The first-order valence-corrected chi connectivity index (χ1v) is 8.07. The number of piperazine rings is 1. The average molecular weight is 261 g/mol. The van der Waals surface area contributed by atoms with Crippen LogP contribution in [0.4, 0.5) is 0 Å². The predicted octanol–water partition coefficient (Wildman–Crippen LogP) is -0.294. The van der Waals surface area contributed by atoms with Gasteiger partial charge >= 0.3 is 0 Å². The third-order valence-corrected chi connectivity index (χ3v) is 6.14. The van der Waals surface area contributed by atoms with E-state index in [4.69, 9.17) is 0 Å². The van der Waals surface area contributed by atoms with Gasteiger partial charge < -0.3 is 10.2 Å². The topological polar surface area (TPSA) is 52.7 Å². The van der Waals surface area contributed by atoms with E-state index in [1.54, 1.807) is 4.31 Å². The normalized spacial score (nSPS) is 29.4. The molecule has 6 heteroatoms. The standard InChI is InChI=1S/C11H23N3O2S/c1-2-13-6-8-14(9-7-13)17(15,16)11-4-3-5-12-10-11/h11-12H,2-10H2,1H3. The van der Waals surface area contributed by atoms with Crippen molar-refractivity contribution in [3.63, 3.8) is 0 Å². The van der Waals surface area contributed by atoms with E-state index in [1.165, 1.54) is 0 Å². The number of hydrogen-bond acceptors (Lipinski definition) is 4. The molecule has 17 heavy (non-hydrogen) atoms. The third kappa shape index (κ3) is 2.99. The molecule has 2 rings (SSSR count). The number of piperidine rings is 1. The maximum Gasteiger partial charge on any atom is 0.218 e. The first-order valence-electron chi connectivity index (χ1n) is 6.56. The van der Waals surface area contributed by atoms with Crippen LogP contribution in [0.15, 0.2) is 0 Å². The molecule has 100 valence electrons. The van der Waals surface area contributed by atoms with E-state index < -0.39 is 10.0 Å². The fraction of sp³-hybridized carbons (Fsp3) is 1.00. The van der Waals surface area contributed by atoms with Crippen molar-refractivity contribution in [2.45, 2.75) is 25.0 Å². The van der Waals surface area contributed by atoms with E-state index in [2.05, 4.69) is 17.1 Å². The molecule has 1 unspecified atom stereocenters. The first-order chi connectivity index (χ1) is 8.14. The zero-order valence-electron chi connectivity index (χ0n) is 10.6. The Morgan fingerprint density at radius 2 is 1.94 bits per heavy atom. The lowest BCUT2D eigenvalue weighted by atomic mass is 10.2. The number of sulfonamides is 1. The van der Waals surface area contributed by atoms with Crippen LogP contribution >= 0.6 is 0 Å². The van der Waals surface area contributed by atoms with Gasteiger partial charge in [-0.15, -0.1) is 0 Å². The van der Waals surface area contributed by atoms with Gasteiger partial charge in [0.2, 0.25) is 10.0 Å². The summed E-state index contributed by atoms with van der Waals surface area (Å²) in [6.07, 6.45) is 1.78. The van der Waals surface area contributed by atoms with Crippen molar-refractivity contribution in [2.75, 3.05) is 45.8 Å². The van der Waals surface area contributed by atoms with E-state index in [0.717, 1.165) is 39.0 Å². The van der Waals surface area contributed by atoms with Crippen LogP contribution in [0.2, 0.25) is 0 Å². The molecule has 0 aliphatic carbocycles. The van der Waals surface area contributed by atoms with Crippen LogP contribution in [0, 0.1) is 0 Å². The molecule has 0 amide bonds. The molecule has 2 heterocycles. The Morgan fingerprint density at radius 1 is 1.24 bits per heavy atom. The Bertz CT molecular complexity index is 331. The Morgan fingerprint density at radius 3 is 2.47 bits per heavy atom. The van der Waals surface area contributed by atoms with Gasteiger partial charge in [0.25, 0.3) is 0 Å². The van der Waals surface area contributed by atoms with Crippen LogP contribution in [-0.2, 0) is 10.0 Å². The number of nitrogens with one attached hydrogen (secondary N) is 1. The van der Waals surface area contributed by atoms with Crippen molar-refractivity contribution in [3.05, 3.63) is 0 Å². The maximum atomic E-state index is 12.4. The van der Waals surface area contributed by atoms with Gasteiger partial charge in [-0.05, 0) is 25.9 Å². The fourth-order valence-corrected chi connectivity index (χ4v) is 4.47. The van der Waals surface area contributed by atoms with E-state index in [-0.39, 0.29) is 5.25 Å². The lowest BCUT2D eigenvalue weighted by molar-refractivity contribution is 0.194. The zero-order chi connectivity index (χ0) is 12.3. The van der Waals surface area contributed by atoms with Gasteiger partial charge in [-0.2, -0.15) is 4.31 Å². The minimum absolute atomic E-state index is 0.204. The maximum absolute atomic E-state index is 12.4. The van der Waals surface area contributed by atoms with Crippen LogP contribution in [-0.4, -0.2) is 68.7 Å². The molecule has 0 saturated carbocycles. The molecule has 1 N–H and O–H groups in total. The van der Waals surface area contributed by atoms with E-state index in [0.29, 0.717) is 19.6 Å². The number of likely N-dealkylation sites (N-methyl/N-ethyl adjacent to an activating group) is 1. The molecule has 5 nitrogen and oxygen atoms in total. The summed E-state index contributed by atoms with van der Waals surface area (Å²) in [5.41, 5.74) is 0. The summed E-state index contributed by atoms with van der Waals surface area (Å²) in [6, 6.07) is 0. The van der Waals surface area contributed by atoms with Gasteiger partial charge in [-0.25, -0.2) is 8.42 Å². The summed E-state index contributed by atoms with van der Waals surface area (Å²) in [5, 5.41) is 2.98. The highest BCUT2D eigenvalue weighted by Crippen LogP contribution is 2.18. The molecule has 0 aromatic rings. The minimum atomic E-state index is -3.07. The summed E-state index contributed by atoms with van der Waals surface area (Å²) in [5.74, 6) is 0. The summed E-state index contributed by atoms with van der Waals surface area (Å²) in [6.45, 7) is 7.77. The minimum Gasteiger partial charge on any atom is -0.315 e. The van der Waals surface area contributed by atoms with Crippen molar-refractivity contribution >= 4 is 10.0 Å². The van der Waals surface area contributed by atoms with Crippen molar-refractivity contribution in [1.29, 1.82) is 0 Å². The average Bonchev–Trinajstić information content (AvgIpc) is 2.40. The van der Waals surface area contributed by atoms with Crippen LogP contribution in [0.1, 0.15) is 19.8 Å². The molecule has 2 aliphatic heterocycles. The second-order valence-corrected chi connectivity index (χ2v) is 7.06. The Labute approximate surface area is 104 Å². The highest BCUT2D eigenvalue weighted by atomic mass is 32.2. The second kappa shape index (κ2) is 5.65. The Balaban J connectivity index is 1.96. The van der Waals surface area contributed by atoms with Crippen LogP contribution < -0.4 is 5.32 Å². The summed E-state index contributed by atoms with van der Waals surface area (Å²) < 4.78 is 26.5. The molecule has 2 saturated heterocycles. The fourth-order valence-electron chi connectivity index (χ4n) is 2.59. The molecular weight excluding hydrogens is 238 g/mol. The van der Waals surface area contributed by atoms with Crippen LogP contribution in [0.3, 0.4) is 0 Å². The Kier molecular flexibility index (Phi) is 4.41. The molecular formula is C11H23N3O2S. The first kappa shape index (κ1) is 13.3. The summed E-state index contributed by atoms with van der Waals surface area (Å²) in [4.78, 5) is 2.30. The molecule has 2 fully saturated rings. The van der Waals surface area contributed by atoms with Crippen LogP contribution in [0.25, 0.3) is 0 Å². The molecule has 0 radical (unpaired) electrons. The molecule has 0 aromatic carbocycles. The molecule has 0 spiro atoms. The summed E-state index contributed by atoms with van der Waals surface area (Å²) >= 11 is 0. The lowest BCUT2D eigenvalue weighted by Crippen LogP contribution is -2.53. The number of hydrogen-bond donors (Lipinski definition) is 1. The second-order valence-electron chi connectivity index (χ2n) is 4.85. The Hall–Kier alpha value is -0.170. The van der Waals surface area contributed by atoms with Gasteiger partial charge in [0.1, 0.15) is 0 Å². The van der Waals surface area contributed by atoms with Gasteiger partial charge in [0.15, 0.2) is 0 Å². The number of nitrogens with zero attached hydrogens (tertiary/aromatic N) is 2. The van der Waals surface area contributed by atoms with E-state index in [1.807, 2.05) is 0 Å². The van der Waals surface area contributed by atoms with Crippen LogP contribution in [0.5, 0.6) is 0 Å². The summed E-state index contributed by atoms with van der Waals surface area (Å²) in [7, 11) is -3.07. The largest absolute Gasteiger partial charge is 0.315 e. The molecule has 0 aromatic heterocycles. The smallest absolute Gasteiger partial charge is 0.218 e. The van der Waals surface area contributed by atoms with E-state index in [9.17, 15) is 8.42 Å². The van der Waals surface area contributed by atoms with Crippen molar-refractivity contribution in [3.8, 4) is 0 Å². The van der Waals surface area contributed by atoms with Gasteiger partial charge in [0, 0.05) is 32.7 Å². The van der Waals surface area contributed by atoms with Crippen molar-refractivity contribution < 1.29 is 8.42 Å². The van der Waals surface area contributed by atoms with Gasteiger partial charge in [-0.3, -0.25) is 0 Å². The third-order valence-electron chi connectivity index (χ3n) is 3.81.